The summed E-state index contributed by atoms with van der Waals surface area (Å²) in [6, 6.07) is 30.9. The molecule has 1 fully saturated rings. The van der Waals surface area contributed by atoms with Crippen LogP contribution in [0.5, 0.6) is 17.2 Å². The van der Waals surface area contributed by atoms with Gasteiger partial charge in [-0.25, -0.2) is 0 Å². The van der Waals surface area contributed by atoms with Crippen molar-refractivity contribution in [1.29, 1.82) is 0 Å². The molecule has 4 aromatic rings. The van der Waals surface area contributed by atoms with Gasteiger partial charge in [0, 0.05) is 43.5 Å². The van der Waals surface area contributed by atoms with E-state index >= 15 is 0 Å². The lowest BCUT2D eigenvalue weighted by molar-refractivity contribution is 0.225. The van der Waals surface area contributed by atoms with Crippen LogP contribution in [0.1, 0.15) is 12.0 Å². The molecule has 186 valence electrons. The Morgan fingerprint density at radius 3 is 2.00 bits per heavy atom. The fraction of sp³-hybridized carbons (Fsp3) is 0.290. The van der Waals surface area contributed by atoms with Crippen molar-refractivity contribution in [2.75, 3.05) is 51.3 Å². The number of benzene rings is 4. The lowest BCUT2D eigenvalue weighted by Gasteiger charge is -2.36. The molecule has 0 atom stereocenters. The molecule has 1 saturated heterocycles. The highest BCUT2D eigenvalue weighted by Crippen LogP contribution is 2.34. The molecule has 0 saturated carbocycles. The van der Waals surface area contributed by atoms with Crippen molar-refractivity contribution >= 4 is 16.5 Å². The Labute approximate surface area is 213 Å². The van der Waals surface area contributed by atoms with Crippen molar-refractivity contribution in [2.24, 2.45) is 0 Å². The predicted molar refractivity (Wildman–Crippen MR) is 146 cm³/mol. The van der Waals surface area contributed by atoms with Gasteiger partial charge in [0.2, 0.25) is 0 Å². The Kier molecular flexibility index (Phi) is 7.89. The molecule has 0 bridgehead atoms. The van der Waals surface area contributed by atoms with E-state index in [2.05, 4.69) is 52.3 Å². The highest BCUT2D eigenvalue weighted by atomic mass is 16.5. The molecular weight excluding hydrogens is 448 g/mol. The van der Waals surface area contributed by atoms with Gasteiger partial charge >= 0.3 is 0 Å². The zero-order valence-corrected chi connectivity index (χ0v) is 20.9. The van der Waals surface area contributed by atoms with E-state index in [1.54, 1.807) is 7.11 Å². The van der Waals surface area contributed by atoms with E-state index in [9.17, 15) is 0 Å². The average molecular weight is 483 g/mol. The Balaban J connectivity index is 1.12. The van der Waals surface area contributed by atoms with E-state index in [0.717, 1.165) is 72.7 Å². The van der Waals surface area contributed by atoms with Crippen LogP contribution in [0.15, 0.2) is 91.0 Å². The summed E-state index contributed by atoms with van der Waals surface area (Å²) < 4.78 is 17.9. The molecule has 0 aromatic heterocycles. The van der Waals surface area contributed by atoms with Crippen LogP contribution in [0, 0.1) is 0 Å². The van der Waals surface area contributed by atoms with Gasteiger partial charge in [-0.2, -0.15) is 0 Å². The maximum Gasteiger partial charge on any atom is 0.142 e. The van der Waals surface area contributed by atoms with E-state index in [1.165, 1.54) is 5.69 Å². The Morgan fingerprint density at radius 2 is 1.28 bits per heavy atom. The van der Waals surface area contributed by atoms with Crippen LogP contribution >= 0.6 is 0 Å². The number of para-hydroxylation sites is 2. The summed E-state index contributed by atoms with van der Waals surface area (Å²) in [5.74, 6) is 2.75. The van der Waals surface area contributed by atoms with Gasteiger partial charge < -0.3 is 19.1 Å². The first-order chi connectivity index (χ1) is 17.8. The zero-order valence-electron chi connectivity index (χ0n) is 20.9. The first-order valence-electron chi connectivity index (χ1n) is 12.7. The smallest absolute Gasteiger partial charge is 0.142 e. The van der Waals surface area contributed by atoms with Gasteiger partial charge in [0.1, 0.15) is 23.9 Å². The summed E-state index contributed by atoms with van der Waals surface area (Å²) in [6.45, 7) is 6.40. The lowest BCUT2D eigenvalue weighted by atomic mass is 10.1. The lowest BCUT2D eigenvalue weighted by Crippen LogP contribution is -2.46. The van der Waals surface area contributed by atoms with Gasteiger partial charge in [-0.1, -0.05) is 66.7 Å². The van der Waals surface area contributed by atoms with Gasteiger partial charge in [-0.15, -0.1) is 0 Å². The van der Waals surface area contributed by atoms with E-state index in [-0.39, 0.29) is 0 Å². The number of hydrogen-bond donors (Lipinski definition) is 0. The van der Waals surface area contributed by atoms with Gasteiger partial charge in [0.15, 0.2) is 0 Å². The summed E-state index contributed by atoms with van der Waals surface area (Å²) in [6.07, 6.45) is 0.995. The third kappa shape index (κ3) is 5.74. The normalized spacial score (nSPS) is 14.1. The van der Waals surface area contributed by atoms with Gasteiger partial charge in [0.25, 0.3) is 0 Å². The Hall–Kier alpha value is -3.70. The van der Waals surface area contributed by atoms with E-state index in [4.69, 9.17) is 14.2 Å². The van der Waals surface area contributed by atoms with Crippen LogP contribution in [0.2, 0.25) is 0 Å². The van der Waals surface area contributed by atoms with Crippen molar-refractivity contribution in [3.05, 3.63) is 96.6 Å². The second-order valence-corrected chi connectivity index (χ2v) is 9.08. The predicted octanol–water partition coefficient (Wildman–Crippen LogP) is 6.02. The summed E-state index contributed by atoms with van der Waals surface area (Å²) in [7, 11) is 1.74. The highest BCUT2D eigenvalue weighted by Gasteiger charge is 2.19. The monoisotopic (exact) mass is 482 g/mol. The number of rotatable bonds is 10. The molecule has 1 heterocycles. The number of hydrogen-bond acceptors (Lipinski definition) is 5. The Morgan fingerprint density at radius 1 is 0.639 bits per heavy atom. The number of nitrogens with zero attached hydrogens (tertiary/aromatic N) is 2. The second-order valence-electron chi connectivity index (χ2n) is 9.08. The van der Waals surface area contributed by atoms with Crippen molar-refractivity contribution in [3.63, 3.8) is 0 Å². The van der Waals surface area contributed by atoms with Crippen LogP contribution in [-0.4, -0.2) is 51.3 Å². The number of fused-ring (bicyclic) bond motifs is 1. The third-order valence-corrected chi connectivity index (χ3v) is 6.76. The van der Waals surface area contributed by atoms with Crippen LogP contribution in [0.4, 0.5) is 5.69 Å². The van der Waals surface area contributed by atoms with Crippen LogP contribution in [-0.2, 0) is 6.61 Å². The topological polar surface area (TPSA) is 34.2 Å². The van der Waals surface area contributed by atoms with Gasteiger partial charge in [-0.3, -0.25) is 4.90 Å². The molecule has 0 amide bonds. The van der Waals surface area contributed by atoms with Crippen molar-refractivity contribution in [1.82, 2.24) is 4.90 Å². The van der Waals surface area contributed by atoms with Gasteiger partial charge in [-0.05, 0) is 36.2 Å². The number of ether oxygens (including phenoxy) is 3. The molecule has 0 spiro atoms. The average Bonchev–Trinajstić information content (AvgIpc) is 2.95. The van der Waals surface area contributed by atoms with E-state index in [1.807, 2.05) is 48.5 Å². The largest absolute Gasteiger partial charge is 0.495 e. The van der Waals surface area contributed by atoms with E-state index < -0.39 is 0 Å². The minimum absolute atomic E-state index is 0.551. The minimum Gasteiger partial charge on any atom is -0.495 e. The summed E-state index contributed by atoms with van der Waals surface area (Å²) >= 11 is 0. The quantitative estimate of drug-likeness (QED) is 0.258. The van der Waals surface area contributed by atoms with Gasteiger partial charge in [0.05, 0.1) is 19.4 Å². The van der Waals surface area contributed by atoms with Crippen molar-refractivity contribution in [2.45, 2.75) is 13.0 Å². The standard InChI is InChI=1S/C31H34N2O3/c1-34-31-15-8-7-14-28(31)33-21-19-32(20-22-33)18-9-23-35-29-16-17-30(27-13-6-5-12-26(27)29)36-24-25-10-3-2-4-11-25/h2-8,10-17H,9,18-24H2,1H3. The molecule has 5 rings (SSSR count). The molecule has 5 nitrogen and oxygen atoms in total. The van der Waals surface area contributed by atoms with Crippen molar-refractivity contribution < 1.29 is 14.2 Å². The fourth-order valence-corrected chi connectivity index (χ4v) is 4.80. The van der Waals surface area contributed by atoms with Crippen LogP contribution in [0.25, 0.3) is 10.8 Å². The molecule has 4 aromatic carbocycles. The maximum absolute atomic E-state index is 6.24. The molecule has 0 unspecified atom stereocenters. The summed E-state index contributed by atoms with van der Waals surface area (Å²) in [5, 5.41) is 2.17. The highest BCUT2D eigenvalue weighted by molar-refractivity contribution is 5.93. The van der Waals surface area contributed by atoms with Crippen molar-refractivity contribution in [3.8, 4) is 17.2 Å². The molecule has 36 heavy (non-hydrogen) atoms. The number of methoxy groups -OCH3 is 1. The first kappa shape index (κ1) is 24.0. The Bertz CT molecular complexity index is 1250. The number of anilines is 1. The molecule has 5 heteroatoms. The molecule has 0 N–H and O–H groups in total. The van der Waals surface area contributed by atoms with Crippen LogP contribution in [0.3, 0.4) is 0 Å². The maximum atomic E-state index is 6.24. The molecular formula is C31H34N2O3. The zero-order chi connectivity index (χ0) is 24.6. The third-order valence-electron chi connectivity index (χ3n) is 6.76. The molecule has 1 aliphatic rings. The minimum atomic E-state index is 0.551. The summed E-state index contributed by atoms with van der Waals surface area (Å²) in [4.78, 5) is 4.94. The summed E-state index contributed by atoms with van der Waals surface area (Å²) in [5.41, 5.74) is 2.34. The fourth-order valence-electron chi connectivity index (χ4n) is 4.80. The first-order valence-corrected chi connectivity index (χ1v) is 12.7. The molecule has 1 aliphatic heterocycles. The van der Waals surface area contributed by atoms with E-state index in [0.29, 0.717) is 13.2 Å². The molecule has 0 radical (unpaired) electrons. The number of piperazine rings is 1. The SMILES string of the molecule is COc1ccccc1N1CCN(CCCOc2ccc(OCc3ccccc3)c3ccccc23)CC1. The second kappa shape index (κ2) is 11.8. The van der Waals surface area contributed by atoms with Crippen LogP contribution < -0.4 is 19.1 Å². The molecule has 0 aliphatic carbocycles.